The summed E-state index contributed by atoms with van der Waals surface area (Å²) in [6.45, 7) is 4.03. The Kier molecular flexibility index (Phi) is 3.75. The molecule has 0 aliphatic heterocycles. The number of hydrogen-bond acceptors (Lipinski definition) is 4. The summed E-state index contributed by atoms with van der Waals surface area (Å²) in [5, 5.41) is 1.29. The van der Waals surface area contributed by atoms with Crippen molar-refractivity contribution in [3.63, 3.8) is 0 Å². The SMILES string of the molecule is CCSc1nc2ccccc2c(=O)n1-c1cc(C)ccn1. The second-order valence-electron chi connectivity index (χ2n) is 4.68. The minimum absolute atomic E-state index is 0.0744. The van der Waals surface area contributed by atoms with Gasteiger partial charge in [0.1, 0.15) is 5.82 Å². The molecule has 0 radical (unpaired) electrons. The summed E-state index contributed by atoms with van der Waals surface area (Å²) in [5.41, 5.74) is 1.71. The van der Waals surface area contributed by atoms with E-state index in [-0.39, 0.29) is 5.56 Å². The molecule has 106 valence electrons. The van der Waals surface area contributed by atoms with Crippen LogP contribution < -0.4 is 5.56 Å². The number of thioether (sulfide) groups is 1. The molecule has 0 atom stereocenters. The quantitative estimate of drug-likeness (QED) is 0.550. The third-order valence-electron chi connectivity index (χ3n) is 3.15. The highest BCUT2D eigenvalue weighted by Gasteiger charge is 2.13. The molecule has 0 spiro atoms. The van der Waals surface area contributed by atoms with E-state index < -0.39 is 0 Å². The maximum Gasteiger partial charge on any atom is 0.267 e. The highest BCUT2D eigenvalue weighted by molar-refractivity contribution is 7.99. The Hall–Kier alpha value is -2.14. The lowest BCUT2D eigenvalue weighted by Gasteiger charge is -2.12. The van der Waals surface area contributed by atoms with E-state index in [1.165, 1.54) is 0 Å². The standard InChI is InChI=1S/C16H15N3OS/c1-3-21-16-18-13-7-5-4-6-12(13)15(20)19(16)14-10-11(2)8-9-17-14/h4-10H,3H2,1-2H3. The van der Waals surface area contributed by atoms with Crippen molar-refractivity contribution in [1.29, 1.82) is 0 Å². The van der Waals surface area contributed by atoms with Crippen molar-refractivity contribution >= 4 is 22.7 Å². The van der Waals surface area contributed by atoms with E-state index in [0.717, 1.165) is 16.8 Å². The third-order valence-corrected chi connectivity index (χ3v) is 3.97. The van der Waals surface area contributed by atoms with Crippen molar-refractivity contribution in [3.8, 4) is 5.82 Å². The molecule has 4 nitrogen and oxygen atoms in total. The number of aromatic nitrogens is 3. The number of fused-ring (bicyclic) bond motifs is 1. The second-order valence-corrected chi connectivity index (χ2v) is 5.91. The van der Waals surface area contributed by atoms with Gasteiger partial charge in [0.25, 0.3) is 5.56 Å². The molecule has 2 heterocycles. The molecule has 0 saturated heterocycles. The number of nitrogens with zero attached hydrogens (tertiary/aromatic N) is 3. The number of aryl methyl sites for hydroxylation is 1. The average Bonchev–Trinajstić information content (AvgIpc) is 2.48. The minimum atomic E-state index is -0.0744. The summed E-state index contributed by atoms with van der Waals surface area (Å²) in [6, 6.07) is 11.2. The van der Waals surface area contributed by atoms with Crippen LogP contribution in [0, 0.1) is 6.92 Å². The Morgan fingerprint density at radius 2 is 2.05 bits per heavy atom. The maximum absolute atomic E-state index is 12.8. The fourth-order valence-corrected chi connectivity index (χ4v) is 2.91. The van der Waals surface area contributed by atoms with Gasteiger partial charge in [-0.05, 0) is 42.5 Å². The first-order valence-corrected chi connectivity index (χ1v) is 7.77. The Bertz CT molecular complexity index is 858. The molecule has 0 fully saturated rings. The van der Waals surface area contributed by atoms with E-state index in [2.05, 4.69) is 9.97 Å². The van der Waals surface area contributed by atoms with Crippen LogP contribution in [0.5, 0.6) is 0 Å². The van der Waals surface area contributed by atoms with Gasteiger partial charge in [-0.25, -0.2) is 14.5 Å². The molecule has 0 bridgehead atoms. The molecule has 0 N–H and O–H groups in total. The Balaban J connectivity index is 2.36. The third kappa shape index (κ3) is 2.56. The van der Waals surface area contributed by atoms with Gasteiger partial charge in [0.15, 0.2) is 5.16 Å². The number of hydrogen-bond donors (Lipinski definition) is 0. The van der Waals surface area contributed by atoms with Crippen LogP contribution in [0.2, 0.25) is 0 Å². The van der Waals surface area contributed by atoms with Crippen LogP contribution >= 0.6 is 11.8 Å². The summed E-state index contributed by atoms with van der Waals surface area (Å²) in [4.78, 5) is 21.8. The van der Waals surface area contributed by atoms with Crippen LogP contribution in [0.25, 0.3) is 16.7 Å². The lowest BCUT2D eigenvalue weighted by molar-refractivity contribution is 0.795. The molecule has 0 aliphatic carbocycles. The van der Waals surface area contributed by atoms with E-state index in [1.54, 1.807) is 28.6 Å². The maximum atomic E-state index is 12.8. The molecule has 5 heteroatoms. The summed E-state index contributed by atoms with van der Waals surface area (Å²) in [7, 11) is 0. The van der Waals surface area contributed by atoms with E-state index in [4.69, 9.17) is 0 Å². The Morgan fingerprint density at radius 3 is 2.81 bits per heavy atom. The zero-order valence-electron chi connectivity index (χ0n) is 11.9. The van der Waals surface area contributed by atoms with Crippen molar-refractivity contribution in [2.24, 2.45) is 0 Å². The number of para-hydroxylation sites is 1. The van der Waals surface area contributed by atoms with Crippen LogP contribution in [0.4, 0.5) is 0 Å². The van der Waals surface area contributed by atoms with E-state index in [9.17, 15) is 4.79 Å². The van der Waals surface area contributed by atoms with E-state index >= 15 is 0 Å². The van der Waals surface area contributed by atoms with Crippen molar-refractivity contribution in [2.75, 3.05) is 5.75 Å². The van der Waals surface area contributed by atoms with Gasteiger partial charge in [0.05, 0.1) is 10.9 Å². The molecule has 3 aromatic rings. The predicted molar refractivity (Wildman–Crippen MR) is 86.3 cm³/mol. The molecular weight excluding hydrogens is 282 g/mol. The molecule has 0 aliphatic rings. The molecule has 2 aromatic heterocycles. The number of pyridine rings is 1. The normalized spacial score (nSPS) is 11.0. The topological polar surface area (TPSA) is 47.8 Å². The molecule has 0 saturated carbocycles. The fourth-order valence-electron chi connectivity index (χ4n) is 2.18. The van der Waals surface area contributed by atoms with Gasteiger partial charge < -0.3 is 0 Å². The van der Waals surface area contributed by atoms with Crippen molar-refractivity contribution in [2.45, 2.75) is 19.0 Å². The van der Waals surface area contributed by atoms with Gasteiger partial charge in [0.2, 0.25) is 0 Å². The van der Waals surface area contributed by atoms with Gasteiger partial charge >= 0.3 is 0 Å². The summed E-state index contributed by atoms with van der Waals surface area (Å²) >= 11 is 1.54. The molecule has 21 heavy (non-hydrogen) atoms. The Labute approximate surface area is 126 Å². The van der Waals surface area contributed by atoms with Crippen molar-refractivity contribution in [3.05, 3.63) is 58.5 Å². The number of benzene rings is 1. The van der Waals surface area contributed by atoms with Crippen LogP contribution in [-0.2, 0) is 0 Å². The van der Waals surface area contributed by atoms with Crippen LogP contribution in [-0.4, -0.2) is 20.3 Å². The smallest absolute Gasteiger partial charge is 0.267 e. The molecule has 0 amide bonds. The van der Waals surface area contributed by atoms with Crippen molar-refractivity contribution in [1.82, 2.24) is 14.5 Å². The second kappa shape index (κ2) is 5.69. The zero-order valence-corrected chi connectivity index (χ0v) is 12.7. The van der Waals surface area contributed by atoms with Gasteiger partial charge in [-0.1, -0.05) is 30.8 Å². The van der Waals surface area contributed by atoms with E-state index in [0.29, 0.717) is 16.4 Å². The summed E-state index contributed by atoms with van der Waals surface area (Å²) < 4.78 is 1.60. The van der Waals surface area contributed by atoms with Crippen molar-refractivity contribution < 1.29 is 0 Å². The first-order valence-electron chi connectivity index (χ1n) is 6.78. The monoisotopic (exact) mass is 297 g/mol. The average molecular weight is 297 g/mol. The van der Waals surface area contributed by atoms with Gasteiger partial charge in [0, 0.05) is 6.20 Å². The first kappa shape index (κ1) is 13.8. The fraction of sp³-hybridized carbons (Fsp3) is 0.188. The minimum Gasteiger partial charge on any atom is -0.268 e. The first-order chi connectivity index (χ1) is 10.2. The summed E-state index contributed by atoms with van der Waals surface area (Å²) in [6.07, 6.45) is 1.71. The lowest BCUT2D eigenvalue weighted by atomic mass is 10.2. The predicted octanol–water partition coefficient (Wildman–Crippen LogP) is 3.20. The van der Waals surface area contributed by atoms with Gasteiger partial charge in [-0.3, -0.25) is 4.79 Å². The highest BCUT2D eigenvalue weighted by atomic mass is 32.2. The molecular formula is C16H15N3OS. The molecule has 3 rings (SSSR count). The largest absolute Gasteiger partial charge is 0.268 e. The number of rotatable bonds is 3. The van der Waals surface area contributed by atoms with Gasteiger partial charge in [-0.15, -0.1) is 0 Å². The van der Waals surface area contributed by atoms with Gasteiger partial charge in [-0.2, -0.15) is 0 Å². The van der Waals surface area contributed by atoms with Crippen LogP contribution in [0.1, 0.15) is 12.5 Å². The van der Waals surface area contributed by atoms with E-state index in [1.807, 2.05) is 44.2 Å². The lowest BCUT2D eigenvalue weighted by Crippen LogP contribution is -2.22. The summed E-state index contributed by atoms with van der Waals surface area (Å²) in [5.74, 6) is 1.46. The zero-order chi connectivity index (χ0) is 14.8. The van der Waals surface area contributed by atoms with Crippen LogP contribution in [0.3, 0.4) is 0 Å². The van der Waals surface area contributed by atoms with Crippen LogP contribution in [0.15, 0.2) is 52.5 Å². The Morgan fingerprint density at radius 1 is 1.24 bits per heavy atom. The molecule has 0 unspecified atom stereocenters. The molecule has 1 aromatic carbocycles. The highest BCUT2D eigenvalue weighted by Crippen LogP contribution is 2.20.